The van der Waals surface area contributed by atoms with Gasteiger partial charge in [0, 0.05) is 10.8 Å². The van der Waals surface area contributed by atoms with Gasteiger partial charge in [0.1, 0.15) is 16.7 Å². The summed E-state index contributed by atoms with van der Waals surface area (Å²) in [7, 11) is 0. The molecule has 0 amide bonds. The van der Waals surface area contributed by atoms with Crippen molar-refractivity contribution >= 4 is 54.5 Å². The standard InChI is InChI=1S/C40H24O2/c1-2-10-25(11-3-1)26-18-20-27(21-19-26)37-28-12-4-6-14-30(28)38(31-15-7-5-13-29(31)37)34-24-36-39(40-32(34)22-23-41-40)33-16-8-9-17-35(33)42-36/h1-24H. The number of hydrogen-bond acceptors (Lipinski definition) is 2. The third-order valence-corrected chi connectivity index (χ3v) is 8.56. The van der Waals surface area contributed by atoms with Crippen LogP contribution in [0.25, 0.3) is 87.8 Å². The van der Waals surface area contributed by atoms with E-state index in [9.17, 15) is 0 Å². The van der Waals surface area contributed by atoms with E-state index in [1.165, 1.54) is 49.4 Å². The van der Waals surface area contributed by atoms with E-state index in [0.717, 1.165) is 38.5 Å². The van der Waals surface area contributed by atoms with E-state index in [1.54, 1.807) is 6.26 Å². The minimum atomic E-state index is 0.836. The van der Waals surface area contributed by atoms with Crippen LogP contribution in [0.5, 0.6) is 0 Å². The Morgan fingerprint density at radius 1 is 0.381 bits per heavy atom. The molecule has 42 heavy (non-hydrogen) atoms. The first-order chi connectivity index (χ1) is 20.8. The Balaban J connectivity index is 1.36. The van der Waals surface area contributed by atoms with Gasteiger partial charge in [0.05, 0.1) is 11.6 Å². The lowest BCUT2D eigenvalue weighted by atomic mass is 9.84. The minimum absolute atomic E-state index is 0.836. The fourth-order valence-electron chi connectivity index (χ4n) is 6.72. The van der Waals surface area contributed by atoms with Gasteiger partial charge in [-0.05, 0) is 73.1 Å². The summed E-state index contributed by atoms with van der Waals surface area (Å²) >= 11 is 0. The highest BCUT2D eigenvalue weighted by Gasteiger charge is 2.22. The van der Waals surface area contributed by atoms with Crippen molar-refractivity contribution in [1.29, 1.82) is 0 Å². The van der Waals surface area contributed by atoms with Crippen LogP contribution in [0.3, 0.4) is 0 Å². The van der Waals surface area contributed by atoms with Gasteiger partial charge in [0.15, 0.2) is 0 Å². The molecule has 0 aliphatic rings. The van der Waals surface area contributed by atoms with Gasteiger partial charge in [-0.1, -0.05) is 121 Å². The van der Waals surface area contributed by atoms with Gasteiger partial charge in [-0.15, -0.1) is 0 Å². The van der Waals surface area contributed by atoms with Gasteiger partial charge < -0.3 is 8.83 Å². The molecule has 9 rings (SSSR count). The third-order valence-electron chi connectivity index (χ3n) is 8.56. The summed E-state index contributed by atoms with van der Waals surface area (Å²) in [5.41, 5.74) is 9.76. The second kappa shape index (κ2) is 8.95. The summed E-state index contributed by atoms with van der Waals surface area (Å²) in [5, 5.41) is 8.04. The van der Waals surface area contributed by atoms with Gasteiger partial charge in [-0.3, -0.25) is 0 Å². The molecule has 2 heterocycles. The number of furan rings is 2. The first kappa shape index (κ1) is 23.1. The summed E-state index contributed by atoms with van der Waals surface area (Å²) in [6, 6.07) is 49.5. The Kier molecular flexibility index (Phi) is 4.93. The second-order valence-electron chi connectivity index (χ2n) is 10.8. The van der Waals surface area contributed by atoms with Crippen molar-refractivity contribution in [2.45, 2.75) is 0 Å². The van der Waals surface area contributed by atoms with Crippen LogP contribution in [0.4, 0.5) is 0 Å². The Bertz CT molecular complexity index is 2380. The molecule has 9 aromatic rings. The number of para-hydroxylation sites is 1. The van der Waals surface area contributed by atoms with Crippen molar-refractivity contribution in [3.63, 3.8) is 0 Å². The van der Waals surface area contributed by atoms with Gasteiger partial charge in [-0.2, -0.15) is 0 Å². The van der Waals surface area contributed by atoms with Gasteiger partial charge >= 0.3 is 0 Å². The highest BCUT2D eigenvalue weighted by atomic mass is 16.3. The molecule has 0 unspecified atom stereocenters. The van der Waals surface area contributed by atoms with E-state index in [-0.39, 0.29) is 0 Å². The normalized spacial score (nSPS) is 11.8. The molecule has 0 aliphatic heterocycles. The molecule has 7 aromatic carbocycles. The van der Waals surface area contributed by atoms with Gasteiger partial charge in [0.2, 0.25) is 0 Å². The molecule has 0 saturated heterocycles. The van der Waals surface area contributed by atoms with E-state index in [0.29, 0.717) is 0 Å². The number of rotatable bonds is 3. The lowest BCUT2D eigenvalue weighted by molar-refractivity contribution is 0.618. The maximum atomic E-state index is 6.40. The molecule has 0 atom stereocenters. The van der Waals surface area contributed by atoms with E-state index >= 15 is 0 Å². The predicted octanol–water partition coefficient (Wildman–Crippen LogP) is 11.6. The molecule has 0 bridgehead atoms. The van der Waals surface area contributed by atoms with Crippen molar-refractivity contribution in [2.75, 3.05) is 0 Å². The fourth-order valence-corrected chi connectivity index (χ4v) is 6.72. The van der Waals surface area contributed by atoms with Crippen LogP contribution in [0.15, 0.2) is 155 Å². The monoisotopic (exact) mass is 536 g/mol. The largest absolute Gasteiger partial charge is 0.464 e. The molecule has 2 nitrogen and oxygen atoms in total. The molecule has 2 aromatic heterocycles. The van der Waals surface area contributed by atoms with Gasteiger partial charge in [-0.25, -0.2) is 0 Å². The molecular weight excluding hydrogens is 512 g/mol. The van der Waals surface area contributed by atoms with Crippen LogP contribution in [-0.2, 0) is 0 Å². The smallest absolute Gasteiger partial charge is 0.146 e. The lowest BCUT2D eigenvalue weighted by Crippen LogP contribution is -1.91. The maximum absolute atomic E-state index is 6.40. The first-order valence-electron chi connectivity index (χ1n) is 14.3. The highest BCUT2D eigenvalue weighted by molar-refractivity contribution is 6.27. The molecule has 0 saturated carbocycles. The van der Waals surface area contributed by atoms with Crippen molar-refractivity contribution in [3.8, 4) is 33.4 Å². The zero-order chi connectivity index (χ0) is 27.6. The molecule has 0 radical (unpaired) electrons. The van der Waals surface area contributed by atoms with E-state index in [2.05, 4.69) is 121 Å². The molecular formula is C40H24O2. The first-order valence-corrected chi connectivity index (χ1v) is 14.3. The van der Waals surface area contributed by atoms with Crippen LogP contribution in [0, 0.1) is 0 Å². The Hall–Kier alpha value is -5.60. The van der Waals surface area contributed by atoms with E-state index in [1.807, 2.05) is 18.2 Å². The van der Waals surface area contributed by atoms with E-state index in [4.69, 9.17) is 8.83 Å². The van der Waals surface area contributed by atoms with Crippen LogP contribution >= 0.6 is 0 Å². The topological polar surface area (TPSA) is 26.3 Å². The SMILES string of the molecule is c1ccc(-c2ccc(-c3c4ccccc4c(-c4cc5oc6ccccc6c5c5occc45)c4ccccc34)cc2)cc1. The van der Waals surface area contributed by atoms with Gasteiger partial charge in [0.25, 0.3) is 0 Å². The van der Waals surface area contributed by atoms with E-state index < -0.39 is 0 Å². The maximum Gasteiger partial charge on any atom is 0.146 e. The van der Waals surface area contributed by atoms with Crippen molar-refractivity contribution in [3.05, 3.63) is 146 Å². The average Bonchev–Trinajstić information content (AvgIpc) is 3.69. The summed E-state index contributed by atoms with van der Waals surface area (Å²) in [6.45, 7) is 0. The summed E-state index contributed by atoms with van der Waals surface area (Å²) in [5.74, 6) is 0. The zero-order valence-corrected chi connectivity index (χ0v) is 22.7. The van der Waals surface area contributed by atoms with Crippen molar-refractivity contribution in [2.24, 2.45) is 0 Å². The third kappa shape index (κ3) is 3.33. The van der Waals surface area contributed by atoms with Crippen LogP contribution in [-0.4, -0.2) is 0 Å². The van der Waals surface area contributed by atoms with Crippen LogP contribution < -0.4 is 0 Å². The van der Waals surface area contributed by atoms with Crippen molar-refractivity contribution < 1.29 is 8.83 Å². The number of fused-ring (bicyclic) bond motifs is 7. The zero-order valence-electron chi connectivity index (χ0n) is 22.7. The van der Waals surface area contributed by atoms with Crippen molar-refractivity contribution in [1.82, 2.24) is 0 Å². The molecule has 0 spiro atoms. The summed E-state index contributed by atoms with van der Waals surface area (Å²) < 4.78 is 12.6. The second-order valence-corrected chi connectivity index (χ2v) is 10.8. The average molecular weight is 537 g/mol. The Labute approximate surface area is 242 Å². The molecule has 0 N–H and O–H groups in total. The highest BCUT2D eigenvalue weighted by Crippen LogP contribution is 2.47. The summed E-state index contributed by atoms with van der Waals surface area (Å²) in [4.78, 5) is 0. The van der Waals surface area contributed by atoms with Crippen LogP contribution in [0.2, 0.25) is 0 Å². The molecule has 196 valence electrons. The number of benzene rings is 7. The fraction of sp³-hybridized carbons (Fsp3) is 0. The Morgan fingerprint density at radius 2 is 0.929 bits per heavy atom. The predicted molar refractivity (Wildman–Crippen MR) is 175 cm³/mol. The molecule has 0 fully saturated rings. The molecule has 0 aliphatic carbocycles. The Morgan fingerprint density at radius 3 is 1.62 bits per heavy atom. The quantitative estimate of drug-likeness (QED) is 0.210. The minimum Gasteiger partial charge on any atom is -0.464 e. The molecule has 2 heteroatoms. The van der Waals surface area contributed by atoms with Crippen LogP contribution in [0.1, 0.15) is 0 Å². The number of hydrogen-bond donors (Lipinski definition) is 0. The lowest BCUT2D eigenvalue weighted by Gasteiger charge is -2.18. The summed E-state index contributed by atoms with van der Waals surface area (Å²) in [6.07, 6.45) is 1.79.